The summed E-state index contributed by atoms with van der Waals surface area (Å²) in [5.74, 6) is 3.47. The largest absolute Gasteiger partial charge is 0.370 e. The highest BCUT2D eigenvalue weighted by Gasteiger charge is 2.52. The summed E-state index contributed by atoms with van der Waals surface area (Å²) in [6, 6.07) is -0.271. The van der Waals surface area contributed by atoms with Crippen molar-refractivity contribution in [1.29, 1.82) is 0 Å². The van der Waals surface area contributed by atoms with Gasteiger partial charge in [-0.15, -0.1) is 6.42 Å². The van der Waals surface area contributed by atoms with Crippen LogP contribution < -0.4 is 11.5 Å². The lowest BCUT2D eigenvalue weighted by Gasteiger charge is -2.30. The van der Waals surface area contributed by atoms with Crippen LogP contribution in [0.15, 0.2) is 0 Å². The summed E-state index contributed by atoms with van der Waals surface area (Å²) in [4.78, 5) is 0. The quantitative estimate of drug-likeness (QED) is 0.706. The number of hydrogen-bond donors (Lipinski definition) is 2. The van der Waals surface area contributed by atoms with E-state index in [0.29, 0.717) is 5.92 Å². The summed E-state index contributed by atoms with van der Waals surface area (Å²) in [7, 11) is 0. The monoisotopic (exact) mass is 224 g/mol. The zero-order valence-corrected chi connectivity index (χ0v) is 10.7. The van der Waals surface area contributed by atoms with Gasteiger partial charge in [0, 0.05) is 0 Å². The number of rotatable bonds is 3. The van der Waals surface area contributed by atoms with Crippen molar-refractivity contribution in [3.8, 4) is 12.3 Å². The fraction of sp³-hybridized carbons (Fsp3) is 0.846. The number of ether oxygens (including phenoxy) is 1. The Bertz CT molecular complexity index is 282. The average molecular weight is 224 g/mol. The highest BCUT2D eigenvalue weighted by molar-refractivity contribution is 5.25. The zero-order chi connectivity index (χ0) is 12.5. The van der Waals surface area contributed by atoms with E-state index in [0.717, 1.165) is 6.42 Å². The maximum atomic E-state index is 6.23. The molecule has 4 atom stereocenters. The minimum absolute atomic E-state index is 0.0200. The SMILES string of the molecule is C#C[C@@]1(N)[C@H](N)[C@@H](CC(C)C)O[C@H]1C(C)C. The third-order valence-electron chi connectivity index (χ3n) is 3.30. The van der Waals surface area contributed by atoms with Gasteiger partial charge in [-0.3, -0.25) is 0 Å². The topological polar surface area (TPSA) is 61.3 Å². The van der Waals surface area contributed by atoms with Crippen LogP contribution in [0.5, 0.6) is 0 Å². The molecule has 3 heteroatoms. The molecule has 16 heavy (non-hydrogen) atoms. The van der Waals surface area contributed by atoms with Crippen LogP contribution in [0.25, 0.3) is 0 Å². The molecule has 1 aliphatic rings. The van der Waals surface area contributed by atoms with Gasteiger partial charge < -0.3 is 16.2 Å². The summed E-state index contributed by atoms with van der Waals surface area (Å²) in [6.45, 7) is 8.42. The van der Waals surface area contributed by atoms with Crippen LogP contribution in [0.2, 0.25) is 0 Å². The number of terminal acetylenes is 1. The normalized spacial score (nSPS) is 39.3. The number of nitrogens with two attached hydrogens (primary N) is 2. The first-order chi connectivity index (χ1) is 7.32. The molecular formula is C13H24N2O. The fourth-order valence-electron chi connectivity index (χ4n) is 2.44. The molecule has 0 spiro atoms. The maximum Gasteiger partial charge on any atom is 0.122 e. The van der Waals surface area contributed by atoms with E-state index in [9.17, 15) is 0 Å². The Balaban J connectivity index is 2.88. The molecule has 0 radical (unpaired) electrons. The molecule has 1 aliphatic heterocycles. The molecule has 0 aromatic rings. The zero-order valence-electron chi connectivity index (χ0n) is 10.7. The van der Waals surface area contributed by atoms with Gasteiger partial charge in [0.05, 0.1) is 18.2 Å². The molecule has 1 rings (SSSR count). The molecule has 0 amide bonds. The van der Waals surface area contributed by atoms with Crippen molar-refractivity contribution in [3.63, 3.8) is 0 Å². The third-order valence-corrected chi connectivity index (χ3v) is 3.30. The van der Waals surface area contributed by atoms with E-state index in [2.05, 4.69) is 33.6 Å². The molecule has 0 aromatic heterocycles. The van der Waals surface area contributed by atoms with Gasteiger partial charge in [-0.2, -0.15) is 0 Å². The summed E-state index contributed by atoms with van der Waals surface area (Å²) >= 11 is 0. The van der Waals surface area contributed by atoms with E-state index in [4.69, 9.17) is 22.6 Å². The Morgan fingerprint density at radius 2 is 1.94 bits per heavy atom. The van der Waals surface area contributed by atoms with E-state index >= 15 is 0 Å². The van der Waals surface area contributed by atoms with Crippen LogP contribution >= 0.6 is 0 Å². The van der Waals surface area contributed by atoms with Gasteiger partial charge in [0.2, 0.25) is 0 Å². The molecular weight excluding hydrogens is 200 g/mol. The minimum Gasteiger partial charge on any atom is -0.370 e. The standard InChI is InChI=1S/C13H24N2O/c1-6-13(15)11(14)10(7-8(2)3)16-12(13)9(4)5/h1,8-12H,7,14-15H2,2-5H3/t10-,11-,12+,13-/m1/s1. The Hall–Kier alpha value is -0.560. The van der Waals surface area contributed by atoms with Gasteiger partial charge in [0.25, 0.3) is 0 Å². The van der Waals surface area contributed by atoms with Crippen LogP contribution in [0.3, 0.4) is 0 Å². The molecule has 0 unspecified atom stereocenters. The van der Waals surface area contributed by atoms with Crippen molar-refractivity contribution < 1.29 is 4.74 Å². The van der Waals surface area contributed by atoms with E-state index in [-0.39, 0.29) is 24.2 Å². The summed E-state index contributed by atoms with van der Waals surface area (Å²) < 4.78 is 5.96. The second kappa shape index (κ2) is 4.75. The lowest BCUT2D eigenvalue weighted by Crippen LogP contribution is -2.60. The van der Waals surface area contributed by atoms with Crippen LogP contribution in [0.1, 0.15) is 34.1 Å². The molecule has 0 aliphatic carbocycles. The van der Waals surface area contributed by atoms with E-state index in [1.807, 2.05) is 0 Å². The molecule has 0 bridgehead atoms. The molecule has 1 fully saturated rings. The first-order valence-electron chi connectivity index (χ1n) is 6.00. The minimum atomic E-state index is -0.826. The van der Waals surface area contributed by atoms with Crippen molar-refractivity contribution in [2.45, 2.75) is 57.9 Å². The fourth-order valence-corrected chi connectivity index (χ4v) is 2.44. The molecule has 1 heterocycles. The van der Waals surface area contributed by atoms with Crippen molar-refractivity contribution in [1.82, 2.24) is 0 Å². The van der Waals surface area contributed by atoms with Gasteiger partial charge in [-0.1, -0.05) is 33.6 Å². The lowest BCUT2D eigenvalue weighted by atomic mass is 9.81. The van der Waals surface area contributed by atoms with Gasteiger partial charge in [-0.05, 0) is 18.3 Å². The van der Waals surface area contributed by atoms with E-state index in [1.165, 1.54) is 0 Å². The summed E-state index contributed by atoms with van der Waals surface area (Å²) in [5.41, 5.74) is 11.6. The maximum absolute atomic E-state index is 6.23. The average Bonchev–Trinajstić information content (AvgIpc) is 2.43. The van der Waals surface area contributed by atoms with Crippen molar-refractivity contribution in [3.05, 3.63) is 0 Å². The first-order valence-corrected chi connectivity index (χ1v) is 6.00. The molecule has 0 saturated carbocycles. The Kier molecular flexibility index (Phi) is 4.01. The molecule has 3 nitrogen and oxygen atoms in total. The molecule has 1 saturated heterocycles. The summed E-state index contributed by atoms with van der Waals surface area (Å²) in [5, 5.41) is 0. The van der Waals surface area contributed by atoms with Gasteiger partial charge >= 0.3 is 0 Å². The van der Waals surface area contributed by atoms with Crippen LogP contribution in [0, 0.1) is 24.2 Å². The first kappa shape index (κ1) is 13.5. The van der Waals surface area contributed by atoms with E-state index in [1.54, 1.807) is 0 Å². The van der Waals surface area contributed by atoms with Crippen molar-refractivity contribution >= 4 is 0 Å². The Morgan fingerprint density at radius 1 is 1.38 bits per heavy atom. The second-order valence-electron chi connectivity index (χ2n) is 5.57. The Labute approximate surface area is 98.9 Å². The molecule has 92 valence electrons. The van der Waals surface area contributed by atoms with Gasteiger partial charge in [0.15, 0.2) is 0 Å². The number of hydrogen-bond acceptors (Lipinski definition) is 3. The van der Waals surface area contributed by atoms with E-state index < -0.39 is 5.54 Å². The van der Waals surface area contributed by atoms with Gasteiger partial charge in [0.1, 0.15) is 5.54 Å². The predicted molar refractivity (Wildman–Crippen MR) is 66.7 cm³/mol. The highest BCUT2D eigenvalue weighted by Crippen LogP contribution is 2.34. The predicted octanol–water partition coefficient (Wildman–Crippen LogP) is 1.11. The highest BCUT2D eigenvalue weighted by atomic mass is 16.5. The van der Waals surface area contributed by atoms with Crippen LogP contribution in [-0.4, -0.2) is 23.8 Å². The molecule has 0 aromatic carbocycles. The Morgan fingerprint density at radius 3 is 2.25 bits per heavy atom. The summed E-state index contributed by atoms with van der Waals surface area (Å²) in [6.07, 6.45) is 6.29. The van der Waals surface area contributed by atoms with Gasteiger partial charge in [-0.25, -0.2) is 0 Å². The lowest BCUT2D eigenvalue weighted by molar-refractivity contribution is -0.000790. The van der Waals surface area contributed by atoms with Crippen molar-refractivity contribution in [2.24, 2.45) is 23.3 Å². The van der Waals surface area contributed by atoms with Crippen LogP contribution in [0.4, 0.5) is 0 Å². The smallest absolute Gasteiger partial charge is 0.122 e. The van der Waals surface area contributed by atoms with Crippen LogP contribution in [-0.2, 0) is 4.74 Å². The molecule has 4 N–H and O–H groups in total. The van der Waals surface area contributed by atoms with Crippen molar-refractivity contribution in [2.75, 3.05) is 0 Å². The third kappa shape index (κ3) is 2.24. The second-order valence-corrected chi connectivity index (χ2v) is 5.57.